The smallest absolute Gasteiger partial charge is 0.410 e. The summed E-state index contributed by atoms with van der Waals surface area (Å²) >= 11 is 13.6. The summed E-state index contributed by atoms with van der Waals surface area (Å²) in [5, 5.41) is 9.93. The number of nitrogen functional groups attached to an aromatic ring is 1. The molecule has 3 heterocycles. The second-order valence-electron chi connectivity index (χ2n) is 13.2. The molecule has 284 valence electrons. The van der Waals surface area contributed by atoms with Gasteiger partial charge in [-0.1, -0.05) is 70.9 Å². The molecule has 0 bridgehead atoms. The number of likely N-dealkylation sites (N-methyl/N-ethyl adjacent to an activating group) is 1. The summed E-state index contributed by atoms with van der Waals surface area (Å²) in [7, 11) is 3.81. The maximum Gasteiger partial charge on any atom is 0.412 e. The Morgan fingerprint density at radius 1 is 1.07 bits per heavy atom. The topological polar surface area (TPSA) is 157 Å². The molecule has 17 heteroatoms. The van der Waals surface area contributed by atoms with Crippen LogP contribution in [0.25, 0.3) is 10.2 Å². The zero-order valence-corrected chi connectivity index (χ0v) is 32.2. The molecule has 4 N–H and O–H groups in total. The molecule has 1 aromatic heterocycles. The van der Waals surface area contributed by atoms with Crippen LogP contribution in [-0.4, -0.2) is 113 Å². The summed E-state index contributed by atoms with van der Waals surface area (Å²) in [5.74, 6) is -0.212. The van der Waals surface area contributed by atoms with Gasteiger partial charge in [-0.2, -0.15) is 5.01 Å². The maximum absolute atomic E-state index is 14.4. The van der Waals surface area contributed by atoms with Gasteiger partial charge in [0.15, 0.2) is 5.13 Å². The fourth-order valence-corrected chi connectivity index (χ4v) is 7.64. The first-order valence-corrected chi connectivity index (χ1v) is 18.8. The highest BCUT2D eigenvalue weighted by atomic mass is 35.5. The van der Waals surface area contributed by atoms with Crippen molar-refractivity contribution in [2.75, 3.05) is 52.6 Å². The molecule has 0 spiro atoms. The van der Waals surface area contributed by atoms with Gasteiger partial charge in [-0.3, -0.25) is 14.6 Å². The number of thiazole rings is 1. The van der Waals surface area contributed by atoms with Crippen molar-refractivity contribution in [2.45, 2.75) is 31.7 Å². The molecule has 4 aromatic rings. The normalized spacial score (nSPS) is 17.2. The number of nitrogens with one attached hydrogen (secondary N) is 2. The van der Waals surface area contributed by atoms with Crippen molar-refractivity contribution in [3.63, 3.8) is 0 Å². The Kier molecular flexibility index (Phi) is 12.2. The van der Waals surface area contributed by atoms with Crippen LogP contribution < -0.4 is 21.1 Å². The lowest BCUT2D eigenvalue weighted by Gasteiger charge is -2.46. The molecule has 54 heavy (non-hydrogen) atoms. The van der Waals surface area contributed by atoms with E-state index in [0.29, 0.717) is 39.5 Å². The van der Waals surface area contributed by atoms with Crippen molar-refractivity contribution in [2.24, 2.45) is 0 Å². The van der Waals surface area contributed by atoms with Crippen LogP contribution >= 0.6 is 34.5 Å². The van der Waals surface area contributed by atoms with E-state index in [4.69, 9.17) is 33.7 Å². The molecule has 5 amide bonds. The molecule has 6 rings (SSSR count). The monoisotopic (exact) mass is 793 g/mol. The third-order valence-electron chi connectivity index (χ3n) is 9.11. The molecule has 2 aliphatic heterocycles. The van der Waals surface area contributed by atoms with Gasteiger partial charge in [0.2, 0.25) is 11.8 Å². The zero-order valence-electron chi connectivity index (χ0n) is 29.8. The number of hydrazine groups is 1. The number of hydrogen-bond donors (Lipinski definition) is 3. The van der Waals surface area contributed by atoms with Crippen LogP contribution in [0.2, 0.25) is 10.0 Å². The molecular weight excluding hydrogens is 753 g/mol. The number of halogens is 2. The van der Waals surface area contributed by atoms with Crippen LogP contribution in [0, 0.1) is 0 Å². The molecule has 2 atom stereocenters. The number of amides is 5. The number of rotatable bonds is 13. The van der Waals surface area contributed by atoms with E-state index in [-0.39, 0.29) is 51.0 Å². The van der Waals surface area contributed by atoms with Crippen LogP contribution in [-0.2, 0) is 29.1 Å². The lowest BCUT2D eigenvalue weighted by atomic mass is 9.99. The molecule has 3 aromatic carbocycles. The molecule has 2 fully saturated rings. The molecule has 14 nitrogen and oxygen atoms in total. The average molecular weight is 795 g/mol. The minimum atomic E-state index is -0.896. The fourth-order valence-electron chi connectivity index (χ4n) is 6.53. The number of ether oxygens (including phenoxy) is 1. The Balaban J connectivity index is 1.25. The summed E-state index contributed by atoms with van der Waals surface area (Å²) in [4.78, 5) is 64.1. The lowest BCUT2D eigenvalue weighted by molar-refractivity contribution is -0.157. The first-order valence-electron chi connectivity index (χ1n) is 17.2. The van der Waals surface area contributed by atoms with Crippen LogP contribution in [0.15, 0.2) is 73.3 Å². The number of piperazine rings is 1. The molecule has 0 saturated carbocycles. The van der Waals surface area contributed by atoms with E-state index in [2.05, 4.69) is 22.2 Å². The molecule has 0 aliphatic carbocycles. The molecule has 0 unspecified atom stereocenters. The summed E-state index contributed by atoms with van der Waals surface area (Å²) in [6, 6.07) is 16.3. The van der Waals surface area contributed by atoms with Crippen LogP contribution in [0.5, 0.6) is 5.75 Å². The highest BCUT2D eigenvalue weighted by Gasteiger charge is 2.52. The van der Waals surface area contributed by atoms with Gasteiger partial charge in [-0.15, -0.1) is 6.58 Å². The van der Waals surface area contributed by atoms with Crippen molar-refractivity contribution in [3.8, 4) is 5.75 Å². The SMILES string of the molecule is C=CCN(C(=O)NCc1ccc(Cl)c(Cl)c1)N1CC(=O)N2[C@@H](Cc3ccc(OC(=O)NCCN(C)C)cc3)C(=O)N(Cc3cccc4sc(N)nc34)C[C@@H]21. The van der Waals surface area contributed by atoms with Gasteiger partial charge in [0.25, 0.3) is 0 Å². The predicted molar refractivity (Wildman–Crippen MR) is 209 cm³/mol. The van der Waals surface area contributed by atoms with Crippen molar-refractivity contribution >= 4 is 73.8 Å². The van der Waals surface area contributed by atoms with Gasteiger partial charge in [0.05, 0.1) is 39.9 Å². The summed E-state index contributed by atoms with van der Waals surface area (Å²) in [6.45, 7) is 5.41. The van der Waals surface area contributed by atoms with E-state index in [1.165, 1.54) is 16.3 Å². The molecule has 2 aliphatic rings. The van der Waals surface area contributed by atoms with E-state index in [1.54, 1.807) is 63.3 Å². The van der Waals surface area contributed by atoms with Crippen LogP contribution in [0.1, 0.15) is 16.7 Å². The summed E-state index contributed by atoms with van der Waals surface area (Å²) in [5.41, 5.74) is 9.05. The van der Waals surface area contributed by atoms with Gasteiger partial charge in [0, 0.05) is 32.6 Å². The van der Waals surface area contributed by atoms with Gasteiger partial charge in [-0.05, 0) is 61.1 Å². The van der Waals surface area contributed by atoms with E-state index in [9.17, 15) is 19.2 Å². The molecule has 2 saturated heterocycles. The Morgan fingerprint density at radius 3 is 2.56 bits per heavy atom. The molecular formula is C37H41Cl2N9O5S. The van der Waals surface area contributed by atoms with E-state index in [0.717, 1.165) is 21.4 Å². The van der Waals surface area contributed by atoms with Crippen molar-refractivity contribution < 1.29 is 23.9 Å². The van der Waals surface area contributed by atoms with E-state index >= 15 is 0 Å². The zero-order chi connectivity index (χ0) is 38.5. The lowest BCUT2D eigenvalue weighted by Crippen LogP contribution is -2.66. The van der Waals surface area contributed by atoms with Crippen molar-refractivity contribution in [1.82, 2.24) is 40.3 Å². The van der Waals surface area contributed by atoms with Crippen LogP contribution in [0.3, 0.4) is 0 Å². The van der Waals surface area contributed by atoms with Gasteiger partial charge in [0.1, 0.15) is 18.0 Å². The average Bonchev–Trinajstić information content (AvgIpc) is 3.68. The Hall–Kier alpha value is -4.93. The minimum absolute atomic E-state index is 0.102. The minimum Gasteiger partial charge on any atom is -0.410 e. The first kappa shape index (κ1) is 38.8. The number of carbonyl (C=O) groups excluding carboxylic acids is 4. The Labute approximate surface area is 327 Å². The highest BCUT2D eigenvalue weighted by Crippen LogP contribution is 2.33. The molecule has 0 radical (unpaired) electrons. The Bertz CT molecular complexity index is 2050. The first-order chi connectivity index (χ1) is 25.9. The Morgan fingerprint density at radius 2 is 1.83 bits per heavy atom. The number of benzene rings is 3. The highest BCUT2D eigenvalue weighted by molar-refractivity contribution is 7.22. The fraction of sp³-hybridized carbons (Fsp3) is 0.324. The number of urea groups is 1. The third-order valence-corrected chi connectivity index (χ3v) is 10.7. The van der Waals surface area contributed by atoms with E-state index < -0.39 is 24.3 Å². The quantitative estimate of drug-likeness (QED) is 0.165. The number of nitrogens with zero attached hydrogens (tertiary/aromatic N) is 6. The number of aromatic nitrogens is 1. The number of carbonyl (C=O) groups is 4. The maximum atomic E-state index is 14.4. The van der Waals surface area contributed by atoms with Gasteiger partial charge >= 0.3 is 12.1 Å². The van der Waals surface area contributed by atoms with Gasteiger partial charge in [-0.25, -0.2) is 14.6 Å². The number of nitrogens with two attached hydrogens (primary N) is 1. The number of fused-ring (bicyclic) bond motifs is 2. The number of hydrogen-bond acceptors (Lipinski definition) is 10. The van der Waals surface area contributed by atoms with Crippen molar-refractivity contribution in [3.05, 3.63) is 100 Å². The second kappa shape index (κ2) is 17.0. The van der Waals surface area contributed by atoms with Gasteiger partial charge < -0.3 is 35.8 Å². The standard InChI is InChI=1S/C37H41Cl2N9O5S/c1-4-15-46(36(51)42-19-24-10-13-27(38)28(39)17-24)47-22-32(49)48-29(18-23-8-11-26(12-9-23)53-37(52)41-14-16-44(2)3)34(50)45(21-31(47)48)20-25-6-5-7-30-33(25)43-35(40)54-30/h4-13,17,29,31H,1,14-16,18-22H2,2-3H3,(H2,40,43)(H,41,52)(H,42,51)/t29-,31+/m0/s1. The predicted octanol–water partition coefficient (Wildman–Crippen LogP) is 4.57. The van der Waals surface area contributed by atoms with Crippen LogP contribution in [0.4, 0.5) is 14.7 Å². The van der Waals surface area contributed by atoms with Crippen molar-refractivity contribution in [1.29, 1.82) is 0 Å². The number of para-hydroxylation sites is 1. The second-order valence-corrected chi connectivity index (χ2v) is 15.1. The summed E-state index contributed by atoms with van der Waals surface area (Å²) < 4.78 is 6.32. The summed E-state index contributed by atoms with van der Waals surface area (Å²) in [6.07, 6.45) is 0.507. The third kappa shape index (κ3) is 8.88. The largest absolute Gasteiger partial charge is 0.412 e. The number of anilines is 1. The van der Waals surface area contributed by atoms with E-state index in [1.807, 2.05) is 37.2 Å².